The quantitative estimate of drug-likeness (QED) is 0.714. The highest BCUT2D eigenvalue weighted by Gasteiger charge is 2.20. The molecule has 0 aliphatic rings. The van der Waals surface area contributed by atoms with E-state index in [1.807, 2.05) is 32.0 Å². The summed E-state index contributed by atoms with van der Waals surface area (Å²) in [6, 6.07) is 12.4. The van der Waals surface area contributed by atoms with E-state index in [9.17, 15) is 9.59 Å². The topological polar surface area (TPSA) is 86.1 Å². The van der Waals surface area contributed by atoms with Crippen molar-refractivity contribution in [2.75, 3.05) is 5.32 Å². The van der Waals surface area contributed by atoms with Gasteiger partial charge >= 0.3 is 5.97 Å². The Bertz CT molecular complexity index is 964. The number of anilines is 1. The van der Waals surface area contributed by atoms with Gasteiger partial charge in [-0.2, -0.15) is 0 Å². The van der Waals surface area contributed by atoms with E-state index in [0.717, 1.165) is 11.1 Å². The number of hydrogen-bond donors (Lipinski definition) is 1. The summed E-state index contributed by atoms with van der Waals surface area (Å²) >= 11 is 0. The molecular weight excluding hydrogens is 332 g/mol. The summed E-state index contributed by atoms with van der Waals surface area (Å²) in [5, 5.41) is 10.8. The Morgan fingerprint density at radius 1 is 1.23 bits per heavy atom. The minimum Gasteiger partial charge on any atom is -0.449 e. The number of amides is 1. The number of aromatic nitrogens is 3. The zero-order chi connectivity index (χ0) is 18.7. The second-order valence-electron chi connectivity index (χ2n) is 6.01. The Kier molecular flexibility index (Phi) is 4.97. The summed E-state index contributed by atoms with van der Waals surface area (Å²) in [4.78, 5) is 24.6. The van der Waals surface area contributed by atoms with Crippen LogP contribution >= 0.6 is 0 Å². The van der Waals surface area contributed by atoms with Crippen LogP contribution in [-0.4, -0.2) is 33.0 Å². The lowest BCUT2D eigenvalue weighted by Gasteiger charge is -2.14. The van der Waals surface area contributed by atoms with E-state index >= 15 is 0 Å². The molecule has 1 unspecified atom stereocenters. The molecule has 1 atom stereocenters. The Morgan fingerprint density at radius 3 is 2.77 bits per heavy atom. The van der Waals surface area contributed by atoms with Crippen molar-refractivity contribution in [1.82, 2.24) is 15.0 Å². The maximum Gasteiger partial charge on any atom is 0.338 e. The van der Waals surface area contributed by atoms with Crippen molar-refractivity contribution in [3.05, 3.63) is 53.6 Å². The van der Waals surface area contributed by atoms with Gasteiger partial charge in [0.15, 0.2) is 6.10 Å². The average Bonchev–Trinajstić information content (AvgIpc) is 3.03. The molecule has 3 rings (SSSR count). The monoisotopic (exact) mass is 352 g/mol. The predicted molar refractivity (Wildman–Crippen MR) is 97.9 cm³/mol. The third kappa shape index (κ3) is 3.72. The smallest absolute Gasteiger partial charge is 0.338 e. The molecule has 0 bridgehead atoms. The number of benzene rings is 2. The van der Waals surface area contributed by atoms with Gasteiger partial charge in [0.25, 0.3) is 5.91 Å². The van der Waals surface area contributed by atoms with Crippen LogP contribution in [0.3, 0.4) is 0 Å². The summed E-state index contributed by atoms with van der Waals surface area (Å²) in [5.74, 6) is -0.966. The third-order valence-corrected chi connectivity index (χ3v) is 3.99. The van der Waals surface area contributed by atoms with Crippen molar-refractivity contribution in [2.24, 2.45) is 0 Å². The molecule has 0 aliphatic heterocycles. The van der Waals surface area contributed by atoms with E-state index in [1.165, 1.54) is 6.92 Å². The van der Waals surface area contributed by atoms with E-state index in [-0.39, 0.29) is 5.91 Å². The first-order valence-corrected chi connectivity index (χ1v) is 8.39. The summed E-state index contributed by atoms with van der Waals surface area (Å²) in [6.45, 7) is 6.13. The van der Waals surface area contributed by atoms with Crippen LogP contribution in [-0.2, 0) is 16.1 Å². The van der Waals surface area contributed by atoms with Crippen molar-refractivity contribution >= 4 is 28.6 Å². The Labute approximate surface area is 151 Å². The SMILES string of the molecule is CCn1nnc2cc(C(=O)OC(C)C(=O)Nc3cccc(C)c3)ccc21. The van der Waals surface area contributed by atoms with Crippen LogP contribution in [0.2, 0.25) is 0 Å². The lowest BCUT2D eigenvalue weighted by Crippen LogP contribution is -2.30. The summed E-state index contributed by atoms with van der Waals surface area (Å²) < 4.78 is 7.02. The highest BCUT2D eigenvalue weighted by molar-refractivity contribution is 5.98. The molecule has 7 nitrogen and oxygen atoms in total. The van der Waals surface area contributed by atoms with Gasteiger partial charge in [-0.25, -0.2) is 9.48 Å². The molecule has 2 aromatic carbocycles. The second-order valence-corrected chi connectivity index (χ2v) is 6.01. The molecule has 1 amide bonds. The fourth-order valence-corrected chi connectivity index (χ4v) is 2.58. The predicted octanol–water partition coefficient (Wildman–Crippen LogP) is 2.94. The lowest BCUT2D eigenvalue weighted by molar-refractivity contribution is -0.123. The number of carbonyl (C=O) groups is 2. The molecule has 7 heteroatoms. The number of fused-ring (bicyclic) bond motifs is 1. The molecule has 1 aromatic heterocycles. The van der Waals surface area contributed by atoms with Crippen LogP contribution in [0.5, 0.6) is 0 Å². The zero-order valence-electron chi connectivity index (χ0n) is 14.9. The van der Waals surface area contributed by atoms with E-state index in [2.05, 4.69) is 15.6 Å². The van der Waals surface area contributed by atoms with Crippen molar-refractivity contribution in [2.45, 2.75) is 33.4 Å². The molecule has 0 saturated carbocycles. The molecule has 0 spiro atoms. The number of aryl methyl sites for hydroxylation is 2. The van der Waals surface area contributed by atoms with E-state index in [4.69, 9.17) is 4.74 Å². The molecule has 1 heterocycles. The first-order valence-electron chi connectivity index (χ1n) is 8.39. The minimum absolute atomic E-state index is 0.329. The number of carbonyl (C=O) groups excluding carboxylic acids is 2. The van der Waals surface area contributed by atoms with Crippen LogP contribution < -0.4 is 5.32 Å². The number of rotatable bonds is 5. The van der Waals surface area contributed by atoms with E-state index in [0.29, 0.717) is 23.3 Å². The molecular formula is C19H20N4O3. The van der Waals surface area contributed by atoms with Gasteiger partial charge in [-0.1, -0.05) is 17.3 Å². The summed E-state index contributed by atoms with van der Waals surface area (Å²) in [7, 11) is 0. The molecule has 0 aliphatic carbocycles. The molecule has 26 heavy (non-hydrogen) atoms. The Hall–Kier alpha value is -3.22. The van der Waals surface area contributed by atoms with Crippen LogP contribution in [0.1, 0.15) is 29.8 Å². The highest BCUT2D eigenvalue weighted by atomic mass is 16.5. The van der Waals surface area contributed by atoms with Gasteiger partial charge in [-0.05, 0) is 56.7 Å². The Morgan fingerprint density at radius 2 is 2.04 bits per heavy atom. The van der Waals surface area contributed by atoms with Crippen molar-refractivity contribution < 1.29 is 14.3 Å². The normalized spacial score (nSPS) is 12.0. The molecule has 0 fully saturated rings. The van der Waals surface area contributed by atoms with Gasteiger partial charge in [0, 0.05) is 12.2 Å². The molecule has 134 valence electrons. The van der Waals surface area contributed by atoms with Gasteiger partial charge in [0.2, 0.25) is 0 Å². The summed E-state index contributed by atoms with van der Waals surface area (Å²) in [5.41, 5.74) is 3.47. The zero-order valence-corrected chi connectivity index (χ0v) is 14.9. The molecule has 3 aromatic rings. The van der Waals surface area contributed by atoms with Crippen molar-refractivity contribution in [3.63, 3.8) is 0 Å². The fourth-order valence-electron chi connectivity index (χ4n) is 2.58. The fraction of sp³-hybridized carbons (Fsp3) is 0.263. The van der Waals surface area contributed by atoms with Crippen molar-refractivity contribution in [1.29, 1.82) is 0 Å². The number of nitrogens with one attached hydrogen (secondary N) is 1. The third-order valence-electron chi connectivity index (χ3n) is 3.99. The standard InChI is InChI=1S/C19H20N4O3/c1-4-23-17-9-8-14(11-16(17)21-22-23)19(25)26-13(3)18(24)20-15-7-5-6-12(2)10-15/h5-11,13H,4H2,1-3H3,(H,20,24). The minimum atomic E-state index is -0.926. The molecule has 0 radical (unpaired) electrons. The largest absolute Gasteiger partial charge is 0.449 e. The van der Waals surface area contributed by atoms with Gasteiger partial charge < -0.3 is 10.1 Å². The average molecular weight is 352 g/mol. The van der Waals surface area contributed by atoms with E-state index < -0.39 is 12.1 Å². The maximum absolute atomic E-state index is 12.3. The maximum atomic E-state index is 12.3. The molecule has 1 N–H and O–H groups in total. The van der Waals surface area contributed by atoms with Gasteiger partial charge in [-0.15, -0.1) is 5.10 Å². The van der Waals surface area contributed by atoms with Crippen molar-refractivity contribution in [3.8, 4) is 0 Å². The summed E-state index contributed by atoms with van der Waals surface area (Å²) in [6.07, 6.45) is -0.926. The van der Waals surface area contributed by atoms with E-state index in [1.54, 1.807) is 28.9 Å². The number of hydrogen-bond acceptors (Lipinski definition) is 5. The molecule has 0 saturated heterocycles. The van der Waals surface area contributed by atoms with Crippen LogP contribution in [0.15, 0.2) is 42.5 Å². The Balaban J connectivity index is 1.67. The second kappa shape index (κ2) is 7.35. The lowest BCUT2D eigenvalue weighted by atomic mass is 10.2. The van der Waals surface area contributed by atoms with Gasteiger partial charge in [0.1, 0.15) is 5.52 Å². The number of esters is 1. The van der Waals surface area contributed by atoms with Gasteiger partial charge in [0.05, 0.1) is 11.1 Å². The first kappa shape index (κ1) is 17.6. The van der Waals surface area contributed by atoms with Crippen LogP contribution in [0, 0.1) is 6.92 Å². The number of nitrogens with zero attached hydrogens (tertiary/aromatic N) is 3. The van der Waals surface area contributed by atoms with Crippen LogP contribution in [0.25, 0.3) is 11.0 Å². The number of ether oxygens (including phenoxy) is 1. The highest BCUT2D eigenvalue weighted by Crippen LogP contribution is 2.15. The van der Waals surface area contributed by atoms with Gasteiger partial charge in [-0.3, -0.25) is 4.79 Å². The van der Waals surface area contributed by atoms with Crippen LogP contribution in [0.4, 0.5) is 5.69 Å². The first-order chi connectivity index (χ1) is 12.5.